The van der Waals surface area contributed by atoms with E-state index in [1.807, 2.05) is 6.92 Å². The summed E-state index contributed by atoms with van der Waals surface area (Å²) in [5.41, 5.74) is 3.83. The second-order valence-corrected chi connectivity index (χ2v) is 6.35. The first-order valence-electron chi connectivity index (χ1n) is 7.39. The molecule has 0 fully saturated rings. The zero-order chi connectivity index (χ0) is 15.3. The maximum Gasteiger partial charge on any atom is 0.148 e. The number of anilines is 2. The Morgan fingerprint density at radius 3 is 2.30 bits per heavy atom. The minimum Gasteiger partial charge on any atom is -0.369 e. The van der Waals surface area contributed by atoms with E-state index in [1.54, 1.807) is 0 Å². The number of nitrogens with two attached hydrogens (primary N) is 1. The Morgan fingerprint density at radius 2 is 1.80 bits per heavy atom. The summed E-state index contributed by atoms with van der Waals surface area (Å²) in [6.07, 6.45) is 1.88. The van der Waals surface area contributed by atoms with Crippen LogP contribution in [-0.2, 0) is 6.42 Å². The number of hydrogen-bond acceptors (Lipinski definition) is 5. The summed E-state index contributed by atoms with van der Waals surface area (Å²) in [6, 6.07) is 0. The smallest absolute Gasteiger partial charge is 0.148 e. The molecule has 0 radical (unpaired) electrons. The fourth-order valence-electron chi connectivity index (χ4n) is 1.73. The Morgan fingerprint density at radius 1 is 1.20 bits per heavy atom. The van der Waals surface area contributed by atoms with E-state index in [1.165, 1.54) is 0 Å². The maximum absolute atomic E-state index is 5.55. The van der Waals surface area contributed by atoms with Crippen molar-refractivity contribution in [2.45, 2.75) is 54.4 Å². The molecular formula is C15H29N5. The molecule has 0 saturated carbocycles. The Labute approximate surface area is 122 Å². The van der Waals surface area contributed by atoms with Crippen LogP contribution in [-0.4, -0.2) is 16.5 Å². The van der Waals surface area contributed by atoms with E-state index in [4.69, 9.17) is 5.84 Å². The number of nitrogen functional groups attached to an aromatic ring is 1. The van der Waals surface area contributed by atoms with Crippen molar-refractivity contribution in [1.29, 1.82) is 0 Å². The van der Waals surface area contributed by atoms with Crippen LogP contribution < -0.4 is 16.6 Å². The zero-order valence-corrected chi connectivity index (χ0v) is 13.7. The molecule has 20 heavy (non-hydrogen) atoms. The topological polar surface area (TPSA) is 75.9 Å². The van der Waals surface area contributed by atoms with Crippen LogP contribution in [0, 0.1) is 18.3 Å². The average Bonchev–Trinajstić information content (AvgIpc) is 2.39. The fraction of sp³-hybridized carbons (Fsp3) is 0.733. The molecule has 0 bridgehead atoms. The number of rotatable bonds is 7. The normalized spacial score (nSPS) is 11.8. The van der Waals surface area contributed by atoms with E-state index in [9.17, 15) is 0 Å². The third kappa shape index (κ3) is 4.07. The zero-order valence-electron chi connectivity index (χ0n) is 13.7. The van der Waals surface area contributed by atoms with E-state index >= 15 is 0 Å². The van der Waals surface area contributed by atoms with Crippen molar-refractivity contribution in [3.63, 3.8) is 0 Å². The first-order chi connectivity index (χ1) is 9.31. The van der Waals surface area contributed by atoms with Crippen LogP contribution in [0.25, 0.3) is 0 Å². The first-order valence-corrected chi connectivity index (χ1v) is 7.39. The molecule has 0 spiro atoms. The van der Waals surface area contributed by atoms with Gasteiger partial charge in [0.1, 0.15) is 17.5 Å². The third-order valence-corrected chi connectivity index (χ3v) is 4.08. The largest absolute Gasteiger partial charge is 0.369 e. The molecular weight excluding hydrogens is 250 g/mol. The van der Waals surface area contributed by atoms with Crippen LogP contribution in [0.4, 0.5) is 11.6 Å². The van der Waals surface area contributed by atoms with Crippen molar-refractivity contribution in [2.75, 3.05) is 17.3 Å². The number of hydrogen-bond donors (Lipinski definition) is 3. The van der Waals surface area contributed by atoms with Gasteiger partial charge in [-0.3, -0.25) is 0 Å². The highest BCUT2D eigenvalue weighted by Crippen LogP contribution is 2.27. The molecule has 0 aliphatic heterocycles. The predicted molar refractivity (Wildman–Crippen MR) is 85.7 cm³/mol. The number of nitrogens with zero attached hydrogens (tertiary/aromatic N) is 2. The monoisotopic (exact) mass is 279 g/mol. The molecule has 0 amide bonds. The summed E-state index contributed by atoms with van der Waals surface area (Å²) in [5, 5.41) is 3.46. The quantitative estimate of drug-likeness (QED) is 0.528. The Kier molecular flexibility index (Phi) is 5.74. The van der Waals surface area contributed by atoms with Gasteiger partial charge in [-0.05, 0) is 24.7 Å². The van der Waals surface area contributed by atoms with Crippen molar-refractivity contribution in [3.8, 4) is 0 Å². The summed E-state index contributed by atoms with van der Waals surface area (Å²) in [7, 11) is 0. The van der Waals surface area contributed by atoms with Crippen molar-refractivity contribution in [1.82, 2.24) is 9.97 Å². The lowest BCUT2D eigenvalue weighted by molar-refractivity contribution is 0.269. The van der Waals surface area contributed by atoms with E-state index in [0.29, 0.717) is 11.7 Å². The third-order valence-electron chi connectivity index (χ3n) is 4.08. The highest BCUT2D eigenvalue weighted by molar-refractivity contribution is 5.56. The minimum absolute atomic E-state index is 0.207. The van der Waals surface area contributed by atoms with E-state index in [2.05, 4.69) is 55.3 Å². The summed E-state index contributed by atoms with van der Waals surface area (Å²) in [4.78, 5) is 9.05. The van der Waals surface area contributed by atoms with Crippen LogP contribution in [0.1, 0.15) is 52.4 Å². The predicted octanol–water partition coefficient (Wildman–Crippen LogP) is 3.12. The molecule has 0 unspecified atom stereocenters. The second kappa shape index (κ2) is 6.88. The summed E-state index contributed by atoms with van der Waals surface area (Å²) < 4.78 is 0. The van der Waals surface area contributed by atoms with Crippen molar-refractivity contribution in [3.05, 3.63) is 11.4 Å². The van der Waals surface area contributed by atoms with Gasteiger partial charge >= 0.3 is 0 Å². The van der Waals surface area contributed by atoms with Crippen LogP contribution in [0.3, 0.4) is 0 Å². The number of hydrazine groups is 1. The molecule has 0 saturated heterocycles. The number of aromatic nitrogens is 2. The summed E-state index contributed by atoms with van der Waals surface area (Å²) in [5.74, 6) is 8.55. The standard InChI is InChI=1S/C15H29N5/c1-7-8-12-18-13(11(4)14(19-12)20-16)17-9-15(5,6)10(2)3/h10H,7-9,16H2,1-6H3,(H2,17,18,19,20). The molecule has 4 N–H and O–H groups in total. The van der Waals surface area contributed by atoms with E-state index in [-0.39, 0.29) is 5.41 Å². The van der Waals surface area contributed by atoms with Gasteiger partial charge in [0, 0.05) is 18.5 Å². The lowest BCUT2D eigenvalue weighted by atomic mass is 9.81. The highest BCUT2D eigenvalue weighted by Gasteiger charge is 2.22. The summed E-state index contributed by atoms with van der Waals surface area (Å²) >= 11 is 0. The molecule has 1 rings (SSSR count). The van der Waals surface area contributed by atoms with E-state index < -0.39 is 0 Å². The van der Waals surface area contributed by atoms with Gasteiger partial charge in [0.05, 0.1) is 0 Å². The minimum atomic E-state index is 0.207. The molecule has 5 heteroatoms. The number of aryl methyl sites for hydroxylation is 1. The molecule has 0 atom stereocenters. The van der Waals surface area contributed by atoms with Gasteiger partial charge in [0.2, 0.25) is 0 Å². The maximum atomic E-state index is 5.55. The molecule has 1 heterocycles. The van der Waals surface area contributed by atoms with Gasteiger partial charge in [-0.2, -0.15) is 0 Å². The lowest BCUT2D eigenvalue weighted by Gasteiger charge is -2.30. The highest BCUT2D eigenvalue weighted by atomic mass is 15.3. The molecule has 0 aliphatic carbocycles. The Balaban J connectivity index is 2.96. The fourth-order valence-corrected chi connectivity index (χ4v) is 1.73. The SMILES string of the molecule is CCCc1nc(NN)c(C)c(NCC(C)(C)C(C)C)n1. The van der Waals surface area contributed by atoms with Crippen LogP contribution >= 0.6 is 0 Å². The van der Waals surface area contributed by atoms with Gasteiger partial charge < -0.3 is 10.7 Å². The van der Waals surface area contributed by atoms with Crippen molar-refractivity contribution >= 4 is 11.6 Å². The van der Waals surface area contributed by atoms with Crippen molar-refractivity contribution < 1.29 is 0 Å². The second-order valence-electron chi connectivity index (χ2n) is 6.35. The summed E-state index contributed by atoms with van der Waals surface area (Å²) in [6.45, 7) is 14.0. The van der Waals surface area contributed by atoms with Gasteiger partial charge in [0.15, 0.2) is 0 Å². The van der Waals surface area contributed by atoms with Crippen LogP contribution in [0.2, 0.25) is 0 Å². The van der Waals surface area contributed by atoms with E-state index in [0.717, 1.165) is 36.6 Å². The molecule has 1 aromatic rings. The molecule has 114 valence electrons. The van der Waals surface area contributed by atoms with Crippen LogP contribution in [0.5, 0.6) is 0 Å². The molecule has 1 aromatic heterocycles. The van der Waals surface area contributed by atoms with Gasteiger partial charge in [-0.1, -0.05) is 34.6 Å². The van der Waals surface area contributed by atoms with Gasteiger partial charge in [-0.15, -0.1) is 0 Å². The van der Waals surface area contributed by atoms with Gasteiger partial charge in [-0.25, -0.2) is 15.8 Å². The Bertz CT molecular complexity index is 440. The number of nitrogens with one attached hydrogen (secondary N) is 2. The lowest BCUT2D eigenvalue weighted by Crippen LogP contribution is -2.29. The average molecular weight is 279 g/mol. The Hall–Kier alpha value is -1.36. The van der Waals surface area contributed by atoms with Crippen molar-refractivity contribution in [2.24, 2.45) is 17.2 Å². The first kappa shape index (κ1) is 16.7. The molecule has 0 aliphatic rings. The molecule has 0 aromatic carbocycles. The molecule has 5 nitrogen and oxygen atoms in total. The van der Waals surface area contributed by atoms with Gasteiger partial charge in [0.25, 0.3) is 0 Å². The van der Waals surface area contributed by atoms with Crippen LogP contribution in [0.15, 0.2) is 0 Å².